The normalized spacial score (nSPS) is 11.6. The molecular weight excluding hydrogens is 206 g/mol. The van der Waals surface area contributed by atoms with Crippen molar-refractivity contribution in [1.82, 2.24) is 5.32 Å². The van der Waals surface area contributed by atoms with Crippen LogP contribution in [-0.2, 0) is 9.59 Å². The molecule has 0 bridgehead atoms. The van der Waals surface area contributed by atoms with E-state index >= 15 is 0 Å². The van der Waals surface area contributed by atoms with E-state index < -0.39 is 5.97 Å². The molecule has 16 heavy (non-hydrogen) atoms. The number of carbonyl (C=O) groups excluding carboxylic acids is 1. The van der Waals surface area contributed by atoms with Crippen LogP contribution >= 0.6 is 0 Å². The smallest absolute Gasteiger partial charge is 0.305 e. The van der Waals surface area contributed by atoms with E-state index in [0.29, 0.717) is 12.3 Å². The van der Waals surface area contributed by atoms with Gasteiger partial charge in [0.1, 0.15) is 0 Å². The fourth-order valence-corrected chi connectivity index (χ4v) is 1.98. The molecule has 0 atom stereocenters. The first-order valence-electron chi connectivity index (χ1n) is 5.71. The number of nitrogens with one attached hydrogen (secondary N) is 1. The van der Waals surface area contributed by atoms with Gasteiger partial charge in [-0.3, -0.25) is 9.59 Å². The van der Waals surface area contributed by atoms with Crippen LogP contribution < -0.4 is 5.32 Å². The van der Waals surface area contributed by atoms with Crippen LogP contribution in [-0.4, -0.2) is 23.5 Å². The Morgan fingerprint density at radius 1 is 1.31 bits per heavy atom. The minimum atomic E-state index is -0.887. The molecule has 0 radical (unpaired) electrons. The molecule has 0 heterocycles. The quantitative estimate of drug-likeness (QED) is 0.702. The lowest BCUT2D eigenvalue weighted by molar-refractivity contribution is -0.136. The Morgan fingerprint density at radius 3 is 2.31 bits per heavy atom. The average molecular weight is 229 g/mol. The van der Waals surface area contributed by atoms with Crippen LogP contribution in [0.2, 0.25) is 0 Å². The van der Waals surface area contributed by atoms with Gasteiger partial charge >= 0.3 is 5.97 Å². The molecule has 4 nitrogen and oxygen atoms in total. The molecule has 2 N–H and O–H groups in total. The van der Waals surface area contributed by atoms with Gasteiger partial charge in [-0.05, 0) is 17.8 Å². The minimum Gasteiger partial charge on any atom is -0.481 e. The number of hydrogen-bond donors (Lipinski definition) is 2. The minimum absolute atomic E-state index is 0.0175. The SMILES string of the molecule is CC(C)CC(C)(C)CC(=O)NCCC(=O)O. The van der Waals surface area contributed by atoms with Crippen molar-refractivity contribution in [3.63, 3.8) is 0 Å². The van der Waals surface area contributed by atoms with E-state index in [1.165, 1.54) is 0 Å². The predicted molar refractivity (Wildman–Crippen MR) is 63.1 cm³/mol. The molecule has 0 aliphatic rings. The van der Waals surface area contributed by atoms with Crippen molar-refractivity contribution >= 4 is 11.9 Å². The molecule has 0 unspecified atom stereocenters. The summed E-state index contributed by atoms with van der Waals surface area (Å²) >= 11 is 0. The summed E-state index contributed by atoms with van der Waals surface area (Å²) in [5.74, 6) is -0.393. The van der Waals surface area contributed by atoms with Gasteiger partial charge in [0.25, 0.3) is 0 Å². The highest BCUT2D eigenvalue weighted by Crippen LogP contribution is 2.28. The molecule has 94 valence electrons. The summed E-state index contributed by atoms with van der Waals surface area (Å²) in [5.41, 5.74) is -0.0263. The maximum atomic E-state index is 11.5. The third-order valence-electron chi connectivity index (χ3n) is 2.26. The van der Waals surface area contributed by atoms with Gasteiger partial charge in [-0.25, -0.2) is 0 Å². The predicted octanol–water partition coefficient (Wildman–Crippen LogP) is 2.04. The highest BCUT2D eigenvalue weighted by molar-refractivity contribution is 5.77. The number of aliphatic carboxylic acids is 1. The summed E-state index contributed by atoms with van der Waals surface area (Å²) in [6.07, 6.45) is 1.42. The molecule has 0 saturated carbocycles. The molecule has 0 aromatic rings. The Morgan fingerprint density at radius 2 is 1.88 bits per heavy atom. The zero-order valence-corrected chi connectivity index (χ0v) is 10.7. The Balaban J connectivity index is 3.89. The molecule has 4 heteroatoms. The molecule has 0 saturated heterocycles. The topological polar surface area (TPSA) is 66.4 Å². The van der Waals surface area contributed by atoms with E-state index in [4.69, 9.17) is 5.11 Å². The Hall–Kier alpha value is -1.06. The van der Waals surface area contributed by atoms with Gasteiger partial charge < -0.3 is 10.4 Å². The first-order valence-corrected chi connectivity index (χ1v) is 5.71. The molecule has 0 aromatic carbocycles. The molecule has 0 fully saturated rings. The largest absolute Gasteiger partial charge is 0.481 e. The van der Waals surface area contributed by atoms with Crippen LogP contribution in [0, 0.1) is 11.3 Å². The van der Waals surface area contributed by atoms with Crippen LogP contribution in [0.5, 0.6) is 0 Å². The van der Waals surface area contributed by atoms with Crippen molar-refractivity contribution < 1.29 is 14.7 Å². The van der Waals surface area contributed by atoms with Crippen molar-refractivity contribution in [1.29, 1.82) is 0 Å². The van der Waals surface area contributed by atoms with Crippen LogP contribution in [0.25, 0.3) is 0 Å². The van der Waals surface area contributed by atoms with Crippen molar-refractivity contribution in [3.8, 4) is 0 Å². The van der Waals surface area contributed by atoms with Gasteiger partial charge in [-0.15, -0.1) is 0 Å². The highest BCUT2D eigenvalue weighted by atomic mass is 16.4. The van der Waals surface area contributed by atoms with Crippen LogP contribution in [0.3, 0.4) is 0 Å². The molecule has 0 aromatic heterocycles. The second-order valence-electron chi connectivity index (χ2n) is 5.43. The Labute approximate surface area is 97.4 Å². The zero-order chi connectivity index (χ0) is 12.8. The first kappa shape index (κ1) is 14.9. The van der Waals surface area contributed by atoms with E-state index in [9.17, 15) is 9.59 Å². The maximum absolute atomic E-state index is 11.5. The van der Waals surface area contributed by atoms with Crippen molar-refractivity contribution in [2.24, 2.45) is 11.3 Å². The summed E-state index contributed by atoms with van der Waals surface area (Å²) in [7, 11) is 0. The second-order valence-corrected chi connectivity index (χ2v) is 5.43. The number of carbonyl (C=O) groups is 2. The van der Waals surface area contributed by atoms with E-state index in [1.807, 2.05) is 0 Å². The zero-order valence-electron chi connectivity index (χ0n) is 10.7. The molecule has 0 spiro atoms. The monoisotopic (exact) mass is 229 g/mol. The molecule has 0 aliphatic heterocycles. The summed E-state index contributed by atoms with van der Waals surface area (Å²) in [5, 5.41) is 11.1. The van der Waals surface area contributed by atoms with Crippen LogP contribution in [0.15, 0.2) is 0 Å². The number of rotatable bonds is 7. The summed E-state index contributed by atoms with van der Waals surface area (Å²) in [4.78, 5) is 21.8. The lowest BCUT2D eigenvalue weighted by atomic mass is 9.81. The standard InChI is InChI=1S/C12H23NO3/c1-9(2)7-12(3,4)8-10(14)13-6-5-11(15)16/h9H,5-8H2,1-4H3,(H,13,14)(H,15,16). The van der Waals surface area contributed by atoms with Crippen molar-refractivity contribution in [3.05, 3.63) is 0 Å². The van der Waals surface area contributed by atoms with Crippen LogP contribution in [0.4, 0.5) is 0 Å². The highest BCUT2D eigenvalue weighted by Gasteiger charge is 2.22. The first-order chi connectivity index (χ1) is 7.23. The fraction of sp³-hybridized carbons (Fsp3) is 0.833. The van der Waals surface area contributed by atoms with E-state index in [-0.39, 0.29) is 24.3 Å². The van der Waals surface area contributed by atoms with E-state index in [1.54, 1.807) is 0 Å². The van der Waals surface area contributed by atoms with Crippen molar-refractivity contribution in [2.75, 3.05) is 6.54 Å². The number of carboxylic acid groups (broad SMARTS) is 1. The third-order valence-corrected chi connectivity index (χ3v) is 2.26. The lowest BCUT2D eigenvalue weighted by Gasteiger charge is -2.25. The molecular formula is C12H23NO3. The van der Waals surface area contributed by atoms with E-state index in [2.05, 4.69) is 33.0 Å². The summed E-state index contributed by atoms with van der Waals surface area (Å²) in [6.45, 7) is 8.59. The molecule has 0 aliphatic carbocycles. The Kier molecular flexibility index (Phi) is 6.08. The average Bonchev–Trinajstić information content (AvgIpc) is 1.98. The van der Waals surface area contributed by atoms with Crippen LogP contribution in [0.1, 0.15) is 47.0 Å². The third kappa shape index (κ3) is 8.26. The van der Waals surface area contributed by atoms with Gasteiger partial charge in [0, 0.05) is 13.0 Å². The number of hydrogen-bond acceptors (Lipinski definition) is 2. The maximum Gasteiger partial charge on any atom is 0.305 e. The fourth-order valence-electron chi connectivity index (χ4n) is 1.98. The summed E-state index contributed by atoms with van der Waals surface area (Å²) in [6, 6.07) is 0. The molecule has 1 amide bonds. The van der Waals surface area contributed by atoms with Gasteiger partial charge in [0.05, 0.1) is 6.42 Å². The van der Waals surface area contributed by atoms with E-state index in [0.717, 1.165) is 6.42 Å². The van der Waals surface area contributed by atoms with Gasteiger partial charge in [0.2, 0.25) is 5.91 Å². The lowest BCUT2D eigenvalue weighted by Crippen LogP contribution is -2.31. The number of amides is 1. The second kappa shape index (κ2) is 6.51. The Bertz CT molecular complexity index is 247. The summed E-state index contributed by atoms with van der Waals surface area (Å²) < 4.78 is 0. The van der Waals surface area contributed by atoms with Crippen molar-refractivity contribution in [2.45, 2.75) is 47.0 Å². The van der Waals surface area contributed by atoms with Gasteiger partial charge in [-0.2, -0.15) is 0 Å². The van der Waals surface area contributed by atoms with Gasteiger partial charge in [0.15, 0.2) is 0 Å². The molecule has 0 rings (SSSR count). The number of carboxylic acids is 1. The van der Waals surface area contributed by atoms with Gasteiger partial charge in [-0.1, -0.05) is 27.7 Å².